The van der Waals surface area contributed by atoms with E-state index in [0.29, 0.717) is 15.9 Å². The number of aryl methyl sites for hydroxylation is 1. The average molecular weight is 479 g/mol. The number of hydrogen-bond donors (Lipinski definition) is 0. The van der Waals surface area contributed by atoms with Gasteiger partial charge in [-0.3, -0.25) is 19.5 Å². The number of fused-ring (bicyclic) bond motifs is 1. The first kappa shape index (κ1) is 22.9. The molecule has 0 spiro atoms. The van der Waals surface area contributed by atoms with Gasteiger partial charge in [0.2, 0.25) is 5.91 Å². The number of aromatic nitrogens is 3. The van der Waals surface area contributed by atoms with Crippen molar-refractivity contribution >= 4 is 56.8 Å². The normalized spacial score (nSPS) is 10.9. The number of amides is 1. The molecule has 0 unspecified atom stereocenters. The van der Waals surface area contributed by atoms with E-state index in [4.69, 9.17) is 4.74 Å². The molecule has 168 valence electrons. The van der Waals surface area contributed by atoms with Crippen molar-refractivity contribution in [1.82, 2.24) is 15.0 Å². The molecule has 0 saturated heterocycles. The van der Waals surface area contributed by atoms with Gasteiger partial charge in [0.1, 0.15) is 11.6 Å². The molecule has 4 rings (SSSR count). The maximum atomic E-state index is 12.4. The number of benzene rings is 2. The summed E-state index contributed by atoms with van der Waals surface area (Å²) in [7, 11) is 0. The summed E-state index contributed by atoms with van der Waals surface area (Å²) < 4.78 is 5.37. The lowest BCUT2D eigenvalue weighted by Crippen LogP contribution is -2.23. The highest BCUT2D eigenvalue weighted by atomic mass is 32.2. The summed E-state index contributed by atoms with van der Waals surface area (Å²) in [6, 6.07) is 13.4. The zero-order valence-corrected chi connectivity index (χ0v) is 20.1. The Labute approximate surface area is 199 Å². The van der Waals surface area contributed by atoms with Crippen LogP contribution < -0.4 is 4.90 Å². The summed E-state index contributed by atoms with van der Waals surface area (Å²) in [6.07, 6.45) is 1.65. The van der Waals surface area contributed by atoms with Gasteiger partial charge in [-0.1, -0.05) is 36.0 Å². The first-order chi connectivity index (χ1) is 15.9. The van der Waals surface area contributed by atoms with Gasteiger partial charge in [0.15, 0.2) is 5.13 Å². The van der Waals surface area contributed by atoms with Gasteiger partial charge in [0, 0.05) is 12.3 Å². The van der Waals surface area contributed by atoms with Crippen LogP contribution in [-0.2, 0) is 20.9 Å². The maximum absolute atomic E-state index is 12.4. The van der Waals surface area contributed by atoms with E-state index >= 15 is 0 Å². The van der Waals surface area contributed by atoms with E-state index in [9.17, 15) is 9.59 Å². The molecule has 9 heteroatoms. The number of anilines is 2. The van der Waals surface area contributed by atoms with E-state index in [1.807, 2.05) is 56.3 Å². The highest BCUT2D eigenvalue weighted by Gasteiger charge is 2.20. The zero-order valence-electron chi connectivity index (χ0n) is 18.4. The number of thiazole rings is 1. The highest BCUT2D eigenvalue weighted by Crippen LogP contribution is 2.32. The fourth-order valence-corrected chi connectivity index (χ4v) is 4.69. The summed E-state index contributed by atoms with van der Waals surface area (Å²) in [5, 5.41) is 3.00. The van der Waals surface area contributed by atoms with Crippen LogP contribution >= 0.6 is 23.1 Å². The van der Waals surface area contributed by atoms with Crippen LogP contribution in [0.2, 0.25) is 0 Å². The van der Waals surface area contributed by atoms with Gasteiger partial charge in [-0.2, -0.15) is 0 Å². The molecule has 2 heterocycles. The molecule has 2 aromatic heterocycles. The molecule has 0 aliphatic carbocycles. The van der Waals surface area contributed by atoms with Crippen molar-refractivity contribution in [1.29, 1.82) is 0 Å². The molecule has 33 heavy (non-hydrogen) atoms. The van der Waals surface area contributed by atoms with Gasteiger partial charge < -0.3 is 4.74 Å². The Morgan fingerprint density at radius 2 is 1.85 bits per heavy atom. The summed E-state index contributed by atoms with van der Waals surface area (Å²) in [5.74, 6) is -0.386. The van der Waals surface area contributed by atoms with Gasteiger partial charge >= 0.3 is 5.97 Å². The minimum absolute atomic E-state index is 0.0395. The lowest BCUT2D eigenvalue weighted by molar-refractivity contribution is -0.141. The number of esters is 1. The van der Waals surface area contributed by atoms with Crippen molar-refractivity contribution in [2.75, 3.05) is 10.7 Å². The molecule has 0 N–H and O–H groups in total. The molecule has 0 radical (unpaired) electrons. The number of ether oxygens (including phenoxy) is 1. The van der Waals surface area contributed by atoms with Crippen LogP contribution in [0.15, 0.2) is 59.1 Å². The van der Waals surface area contributed by atoms with Crippen molar-refractivity contribution < 1.29 is 14.3 Å². The lowest BCUT2D eigenvalue weighted by Gasteiger charge is -2.21. The number of nitrogens with zero attached hydrogens (tertiary/aromatic N) is 4. The van der Waals surface area contributed by atoms with Crippen LogP contribution in [0.4, 0.5) is 10.8 Å². The van der Waals surface area contributed by atoms with E-state index in [-0.39, 0.29) is 24.2 Å². The average Bonchev–Trinajstić information content (AvgIpc) is 3.27. The summed E-state index contributed by atoms with van der Waals surface area (Å²) in [6.45, 7) is 5.54. The van der Waals surface area contributed by atoms with Crippen LogP contribution in [-0.4, -0.2) is 32.6 Å². The molecular weight excluding hydrogens is 456 g/mol. The van der Waals surface area contributed by atoms with Crippen LogP contribution in [0, 0.1) is 13.8 Å². The summed E-state index contributed by atoms with van der Waals surface area (Å²) in [5.41, 5.74) is 5.10. The standard InChI is InChI=1S/C24H22N4O3S2/c1-15-7-6-10-21(16(15)2)28(17(3)29)24-26-18(13-33-24)12-31-23(30)14-32-22-11-25-19-8-4-5-9-20(19)27-22/h4-11,13H,12,14H2,1-3H3. The van der Waals surface area contributed by atoms with Crippen molar-refractivity contribution in [2.45, 2.75) is 32.4 Å². The maximum Gasteiger partial charge on any atom is 0.316 e. The van der Waals surface area contributed by atoms with Gasteiger partial charge in [-0.15, -0.1) is 11.3 Å². The Bertz CT molecular complexity index is 1320. The third kappa shape index (κ3) is 5.37. The Morgan fingerprint density at radius 1 is 1.06 bits per heavy atom. The van der Waals surface area contributed by atoms with Crippen LogP contribution in [0.3, 0.4) is 0 Å². The quantitative estimate of drug-likeness (QED) is 0.266. The number of rotatable bonds is 7. The number of carbonyl (C=O) groups excluding carboxylic acids is 2. The second-order valence-electron chi connectivity index (χ2n) is 7.34. The fraction of sp³-hybridized carbons (Fsp3) is 0.208. The fourth-order valence-electron chi connectivity index (χ4n) is 3.19. The van der Waals surface area contributed by atoms with E-state index in [0.717, 1.165) is 27.8 Å². The van der Waals surface area contributed by atoms with Crippen LogP contribution in [0.1, 0.15) is 23.7 Å². The Kier molecular flexibility index (Phi) is 7.00. The van der Waals surface area contributed by atoms with E-state index in [1.54, 1.807) is 16.5 Å². The molecule has 1 amide bonds. The molecule has 4 aromatic rings. The highest BCUT2D eigenvalue weighted by molar-refractivity contribution is 7.99. The SMILES string of the molecule is CC(=O)N(c1nc(COC(=O)CSc2cnc3ccccc3n2)cs1)c1cccc(C)c1C. The van der Waals surface area contributed by atoms with Gasteiger partial charge in [0.25, 0.3) is 0 Å². The largest absolute Gasteiger partial charge is 0.459 e. The number of hydrogen-bond acceptors (Lipinski definition) is 8. The van der Waals surface area contributed by atoms with Crippen molar-refractivity contribution in [3.63, 3.8) is 0 Å². The third-order valence-electron chi connectivity index (χ3n) is 5.01. The molecule has 0 fully saturated rings. The van der Waals surface area contributed by atoms with E-state index in [1.165, 1.54) is 30.0 Å². The number of carbonyl (C=O) groups is 2. The molecule has 0 aliphatic heterocycles. The summed E-state index contributed by atoms with van der Waals surface area (Å²) >= 11 is 2.61. The third-order valence-corrected chi connectivity index (χ3v) is 6.76. The first-order valence-corrected chi connectivity index (χ1v) is 12.1. The first-order valence-electron chi connectivity index (χ1n) is 10.2. The topological polar surface area (TPSA) is 85.3 Å². The number of thioether (sulfide) groups is 1. The Morgan fingerprint density at radius 3 is 2.64 bits per heavy atom. The predicted octanol–water partition coefficient (Wildman–Crippen LogP) is 5.22. The minimum atomic E-state index is -0.373. The van der Waals surface area contributed by atoms with E-state index < -0.39 is 0 Å². The molecule has 0 aliphatic rings. The lowest BCUT2D eigenvalue weighted by atomic mass is 10.1. The van der Waals surface area contributed by atoms with Crippen molar-refractivity contribution in [3.8, 4) is 0 Å². The van der Waals surface area contributed by atoms with Crippen molar-refractivity contribution in [3.05, 3.63) is 70.9 Å². The second kappa shape index (κ2) is 10.1. The van der Waals surface area contributed by atoms with Gasteiger partial charge in [-0.25, -0.2) is 9.97 Å². The van der Waals surface area contributed by atoms with Gasteiger partial charge in [-0.05, 0) is 43.2 Å². The van der Waals surface area contributed by atoms with E-state index in [2.05, 4.69) is 15.0 Å². The van der Waals surface area contributed by atoms with Crippen LogP contribution in [0.5, 0.6) is 0 Å². The second-order valence-corrected chi connectivity index (χ2v) is 9.17. The smallest absolute Gasteiger partial charge is 0.316 e. The predicted molar refractivity (Wildman–Crippen MR) is 131 cm³/mol. The molecular formula is C24H22N4O3S2. The molecule has 2 aromatic carbocycles. The molecule has 0 atom stereocenters. The Hall–Kier alpha value is -3.30. The Balaban J connectivity index is 1.37. The monoisotopic (exact) mass is 478 g/mol. The number of para-hydroxylation sites is 2. The van der Waals surface area contributed by atoms with Crippen LogP contribution in [0.25, 0.3) is 11.0 Å². The van der Waals surface area contributed by atoms with Crippen molar-refractivity contribution in [2.24, 2.45) is 0 Å². The summed E-state index contributed by atoms with van der Waals surface area (Å²) in [4.78, 5) is 39.6. The molecule has 0 bridgehead atoms. The molecule has 7 nitrogen and oxygen atoms in total. The zero-order chi connectivity index (χ0) is 23.4. The molecule has 0 saturated carbocycles. The van der Waals surface area contributed by atoms with Gasteiger partial charge in [0.05, 0.1) is 34.4 Å². The minimum Gasteiger partial charge on any atom is -0.459 e.